The van der Waals surface area contributed by atoms with Crippen LogP contribution in [-0.4, -0.2) is 58.7 Å². The zero-order valence-electron chi connectivity index (χ0n) is 19.3. The number of allylic oxidation sites excluding steroid dienone is 2. The van der Waals surface area contributed by atoms with E-state index in [2.05, 4.69) is 23.8 Å². The smallest absolute Gasteiger partial charge is 0.335 e. The van der Waals surface area contributed by atoms with Gasteiger partial charge in [-0.25, -0.2) is 9.59 Å². The molecule has 0 spiro atoms. The van der Waals surface area contributed by atoms with E-state index in [1.165, 1.54) is 24.3 Å². The number of aliphatic hydroxyl groups is 4. The minimum absolute atomic E-state index is 0.0223. The van der Waals surface area contributed by atoms with Crippen LogP contribution in [0.5, 0.6) is 11.5 Å². The van der Waals surface area contributed by atoms with E-state index in [0.29, 0.717) is 11.4 Å². The molecule has 0 saturated carbocycles. The molecule has 0 aromatic heterocycles. The van der Waals surface area contributed by atoms with Gasteiger partial charge in [-0.2, -0.15) is 0 Å². The van der Waals surface area contributed by atoms with Crippen molar-refractivity contribution in [1.29, 1.82) is 0 Å². The van der Waals surface area contributed by atoms with E-state index in [0.717, 1.165) is 12.2 Å². The molecule has 0 saturated heterocycles. The summed E-state index contributed by atoms with van der Waals surface area (Å²) >= 11 is 0. The number of hydrogen-bond acceptors (Lipinski definition) is 10. The number of nitrogens with one attached hydrogen (secondary N) is 2. The Kier molecular flexibility index (Phi) is 8.50. The Hall–Kier alpha value is -4.54. The molecule has 10 heteroatoms. The fourth-order valence-electron chi connectivity index (χ4n) is 3.47. The number of carbonyl (C=O) groups is 2. The second-order valence-corrected chi connectivity index (χ2v) is 7.42. The molecular formula is C26H26N2O8. The van der Waals surface area contributed by atoms with Crippen LogP contribution in [0.15, 0.2) is 73.2 Å². The first kappa shape index (κ1) is 26.1. The lowest BCUT2D eigenvalue weighted by molar-refractivity contribution is -0.129. The van der Waals surface area contributed by atoms with Gasteiger partial charge in [0.1, 0.15) is 23.0 Å². The van der Waals surface area contributed by atoms with E-state index >= 15 is 0 Å². The summed E-state index contributed by atoms with van der Waals surface area (Å²) in [4.78, 5) is 23.8. The Morgan fingerprint density at radius 3 is 1.47 bits per heavy atom. The van der Waals surface area contributed by atoms with Crippen molar-refractivity contribution < 1.29 is 39.5 Å². The van der Waals surface area contributed by atoms with E-state index in [1.807, 2.05) is 0 Å². The molecule has 36 heavy (non-hydrogen) atoms. The van der Waals surface area contributed by atoms with Gasteiger partial charge in [-0.05, 0) is 24.3 Å². The third kappa shape index (κ3) is 5.57. The molecule has 0 unspecified atom stereocenters. The molecule has 0 aliphatic heterocycles. The van der Waals surface area contributed by atoms with Gasteiger partial charge in [-0.3, -0.25) is 0 Å². The van der Waals surface area contributed by atoms with Gasteiger partial charge in [-0.1, -0.05) is 13.2 Å². The number of anilines is 2. The van der Waals surface area contributed by atoms with Crippen molar-refractivity contribution in [3.63, 3.8) is 0 Å². The molecule has 0 atom stereocenters. The number of hydrogen-bond donors (Lipinski definition) is 6. The fourth-order valence-corrected chi connectivity index (χ4v) is 3.47. The van der Waals surface area contributed by atoms with E-state index in [-0.39, 0.29) is 71.6 Å². The third-order valence-electron chi connectivity index (χ3n) is 5.09. The fraction of sp³-hybridized carbons (Fsp3) is 0.154. The van der Waals surface area contributed by atoms with Crippen molar-refractivity contribution in [3.05, 3.63) is 84.4 Å². The van der Waals surface area contributed by atoms with Crippen LogP contribution in [0.1, 0.15) is 11.1 Å². The topological polar surface area (TPSA) is 158 Å². The van der Waals surface area contributed by atoms with Crippen LogP contribution in [0.4, 0.5) is 11.4 Å². The third-order valence-corrected chi connectivity index (χ3v) is 5.09. The average Bonchev–Trinajstić information content (AvgIpc) is 2.88. The minimum atomic E-state index is -0.747. The lowest BCUT2D eigenvalue weighted by atomic mass is 9.83. The van der Waals surface area contributed by atoms with E-state index < -0.39 is 11.9 Å². The molecule has 2 aromatic carbocycles. The van der Waals surface area contributed by atoms with Gasteiger partial charge in [0.15, 0.2) is 0 Å². The summed E-state index contributed by atoms with van der Waals surface area (Å²) in [6.07, 6.45) is 1.95. The average molecular weight is 495 g/mol. The molecule has 10 nitrogen and oxygen atoms in total. The highest BCUT2D eigenvalue weighted by molar-refractivity contribution is 6.08. The van der Waals surface area contributed by atoms with Crippen molar-refractivity contribution in [2.24, 2.45) is 0 Å². The van der Waals surface area contributed by atoms with E-state index in [1.54, 1.807) is 12.1 Å². The SMILES string of the molecule is C=CC(=O)Oc1cc(NCCO)ccc1C1=C(O)C(c2ccc(NCCO)cc2OC(=O)C=C)=C1O. The van der Waals surface area contributed by atoms with Crippen molar-refractivity contribution in [2.75, 3.05) is 36.9 Å². The Morgan fingerprint density at radius 1 is 0.750 bits per heavy atom. The van der Waals surface area contributed by atoms with Gasteiger partial charge < -0.3 is 40.5 Å². The summed E-state index contributed by atoms with van der Waals surface area (Å²) in [6, 6.07) is 9.28. The first-order valence-electron chi connectivity index (χ1n) is 10.9. The number of aliphatic hydroxyl groups excluding tert-OH is 4. The molecule has 0 radical (unpaired) electrons. The molecule has 0 amide bonds. The maximum Gasteiger partial charge on any atom is 0.335 e. The molecule has 1 aliphatic rings. The quantitative estimate of drug-likeness (QED) is 0.147. The molecule has 2 aromatic rings. The normalized spacial score (nSPS) is 12.5. The van der Waals surface area contributed by atoms with Crippen LogP contribution in [0.2, 0.25) is 0 Å². The van der Waals surface area contributed by atoms with Gasteiger partial charge in [0.2, 0.25) is 0 Å². The highest BCUT2D eigenvalue weighted by atomic mass is 16.5. The van der Waals surface area contributed by atoms with E-state index in [4.69, 9.17) is 19.7 Å². The summed E-state index contributed by atoms with van der Waals surface area (Å²) in [5, 5.41) is 45.8. The van der Waals surface area contributed by atoms with Crippen molar-refractivity contribution in [2.45, 2.75) is 0 Å². The van der Waals surface area contributed by atoms with Gasteiger partial charge in [0, 0.05) is 59.9 Å². The molecule has 3 rings (SSSR count). The van der Waals surface area contributed by atoms with Gasteiger partial charge in [0.25, 0.3) is 0 Å². The van der Waals surface area contributed by atoms with Crippen LogP contribution in [0.3, 0.4) is 0 Å². The summed E-state index contributed by atoms with van der Waals surface area (Å²) in [6.45, 7) is 7.03. The highest BCUT2D eigenvalue weighted by Crippen LogP contribution is 2.49. The Labute approximate surface area is 207 Å². The van der Waals surface area contributed by atoms with Crippen LogP contribution < -0.4 is 20.1 Å². The summed E-state index contributed by atoms with van der Waals surface area (Å²) in [5.41, 5.74) is 1.57. The largest absolute Gasteiger partial charge is 0.506 e. The molecule has 188 valence electrons. The number of rotatable bonds is 12. The number of benzene rings is 2. The van der Waals surface area contributed by atoms with Gasteiger partial charge in [0.05, 0.1) is 24.4 Å². The van der Waals surface area contributed by atoms with Crippen LogP contribution in [-0.2, 0) is 9.59 Å². The number of esters is 2. The predicted octanol–water partition coefficient (Wildman–Crippen LogP) is 2.93. The van der Waals surface area contributed by atoms with Crippen molar-refractivity contribution in [1.82, 2.24) is 0 Å². The minimum Gasteiger partial charge on any atom is -0.506 e. The van der Waals surface area contributed by atoms with Crippen molar-refractivity contribution in [3.8, 4) is 11.5 Å². The lowest BCUT2D eigenvalue weighted by Crippen LogP contribution is -2.15. The Balaban J connectivity index is 2.03. The van der Waals surface area contributed by atoms with Gasteiger partial charge in [-0.15, -0.1) is 0 Å². The molecule has 0 heterocycles. The first-order chi connectivity index (χ1) is 17.3. The molecule has 0 fully saturated rings. The standard InChI is InChI=1S/C26H26N2O8/c1-3-21(31)35-19-13-15(27-9-11-29)5-7-17(19)23-25(33)24(26(23)34)18-8-6-16(28-10-12-30)14-20(18)36-22(32)4-2/h3-8,13-14,27-30,33-34H,1-2,9-12H2. The Morgan fingerprint density at radius 2 is 1.14 bits per heavy atom. The summed E-state index contributed by atoms with van der Waals surface area (Å²) in [5.74, 6) is -2.04. The summed E-state index contributed by atoms with van der Waals surface area (Å²) in [7, 11) is 0. The lowest BCUT2D eigenvalue weighted by Gasteiger charge is -2.26. The highest BCUT2D eigenvalue weighted by Gasteiger charge is 2.35. The maximum absolute atomic E-state index is 11.9. The predicted molar refractivity (Wildman–Crippen MR) is 135 cm³/mol. The summed E-state index contributed by atoms with van der Waals surface area (Å²) < 4.78 is 10.6. The monoisotopic (exact) mass is 494 g/mol. The van der Waals surface area contributed by atoms with Gasteiger partial charge >= 0.3 is 11.9 Å². The van der Waals surface area contributed by atoms with Crippen LogP contribution >= 0.6 is 0 Å². The molecule has 1 aliphatic carbocycles. The van der Waals surface area contributed by atoms with Crippen LogP contribution in [0, 0.1) is 0 Å². The Bertz CT molecular complexity index is 1150. The van der Waals surface area contributed by atoms with Crippen molar-refractivity contribution >= 4 is 34.5 Å². The maximum atomic E-state index is 11.9. The zero-order valence-corrected chi connectivity index (χ0v) is 19.3. The molecule has 0 bridgehead atoms. The second-order valence-electron chi connectivity index (χ2n) is 7.42. The molecular weight excluding hydrogens is 468 g/mol. The molecule has 6 N–H and O–H groups in total. The van der Waals surface area contributed by atoms with Crippen LogP contribution in [0.25, 0.3) is 11.1 Å². The number of ether oxygens (including phenoxy) is 2. The zero-order chi connectivity index (χ0) is 26.2. The second kappa shape index (κ2) is 11.7. The number of carbonyl (C=O) groups excluding carboxylic acids is 2. The first-order valence-corrected chi connectivity index (χ1v) is 10.9. The van der Waals surface area contributed by atoms with E-state index in [9.17, 15) is 19.8 Å².